The van der Waals surface area contributed by atoms with Crippen molar-refractivity contribution in [3.8, 4) is 0 Å². The Balaban J connectivity index is 3.85. The standard InChI is InChI=1S/C8H15NO5/c1-5(2)14-4-7(11)9-6(3-10)8(12)13/h5-6,10H,3-4H2,1-2H3,(H,9,11)(H,12,13)/t6-/m1/s1. The first-order chi connectivity index (χ1) is 6.47. The molecule has 0 aliphatic heterocycles. The molecule has 82 valence electrons. The summed E-state index contributed by atoms with van der Waals surface area (Å²) < 4.78 is 4.94. The molecule has 6 heteroatoms. The van der Waals surface area contributed by atoms with Gasteiger partial charge in [-0.1, -0.05) is 0 Å². The van der Waals surface area contributed by atoms with Crippen LogP contribution in [0.2, 0.25) is 0 Å². The molecule has 0 bridgehead atoms. The fourth-order valence-electron chi connectivity index (χ4n) is 0.664. The van der Waals surface area contributed by atoms with Crippen LogP contribution in [0.5, 0.6) is 0 Å². The number of aliphatic carboxylic acids is 1. The molecule has 14 heavy (non-hydrogen) atoms. The maximum absolute atomic E-state index is 11.0. The van der Waals surface area contributed by atoms with Crippen molar-refractivity contribution in [2.75, 3.05) is 13.2 Å². The zero-order chi connectivity index (χ0) is 11.1. The third-order valence-corrected chi connectivity index (χ3v) is 1.36. The van der Waals surface area contributed by atoms with Gasteiger partial charge in [0, 0.05) is 0 Å². The Labute approximate surface area is 81.9 Å². The summed E-state index contributed by atoms with van der Waals surface area (Å²) in [5.74, 6) is -1.83. The number of aliphatic hydroxyl groups excluding tert-OH is 1. The highest BCUT2D eigenvalue weighted by Gasteiger charge is 2.18. The molecule has 0 saturated heterocycles. The van der Waals surface area contributed by atoms with Crippen molar-refractivity contribution in [2.45, 2.75) is 26.0 Å². The molecule has 0 radical (unpaired) electrons. The van der Waals surface area contributed by atoms with E-state index in [-0.39, 0.29) is 12.7 Å². The number of hydrogen-bond donors (Lipinski definition) is 3. The third kappa shape index (κ3) is 5.50. The molecule has 0 aromatic carbocycles. The van der Waals surface area contributed by atoms with Crippen LogP contribution in [0.15, 0.2) is 0 Å². The summed E-state index contributed by atoms with van der Waals surface area (Å²) >= 11 is 0. The van der Waals surface area contributed by atoms with Gasteiger partial charge < -0.3 is 20.3 Å². The van der Waals surface area contributed by atoms with Crippen molar-refractivity contribution in [1.29, 1.82) is 0 Å². The van der Waals surface area contributed by atoms with Crippen LogP contribution in [-0.2, 0) is 14.3 Å². The molecule has 6 nitrogen and oxygen atoms in total. The van der Waals surface area contributed by atoms with Gasteiger partial charge in [0.2, 0.25) is 5.91 Å². The van der Waals surface area contributed by atoms with Crippen molar-refractivity contribution in [1.82, 2.24) is 5.32 Å². The van der Waals surface area contributed by atoms with Crippen LogP contribution < -0.4 is 5.32 Å². The molecule has 1 atom stereocenters. The number of carboxylic acids is 1. The van der Waals surface area contributed by atoms with E-state index in [0.29, 0.717) is 0 Å². The molecule has 0 fully saturated rings. The minimum Gasteiger partial charge on any atom is -0.480 e. The molecule has 0 saturated carbocycles. The van der Waals surface area contributed by atoms with Gasteiger partial charge >= 0.3 is 5.97 Å². The van der Waals surface area contributed by atoms with E-state index in [1.54, 1.807) is 13.8 Å². The van der Waals surface area contributed by atoms with Gasteiger partial charge in [-0.3, -0.25) is 4.79 Å². The van der Waals surface area contributed by atoms with E-state index in [1.165, 1.54) is 0 Å². The molecule has 0 heterocycles. The summed E-state index contributed by atoms with van der Waals surface area (Å²) in [5, 5.41) is 19.2. The number of carboxylic acid groups (broad SMARTS) is 1. The van der Waals surface area contributed by atoms with E-state index in [4.69, 9.17) is 14.9 Å². The normalized spacial score (nSPS) is 12.6. The van der Waals surface area contributed by atoms with E-state index in [1.807, 2.05) is 0 Å². The van der Waals surface area contributed by atoms with Crippen LogP contribution in [0, 0.1) is 0 Å². The third-order valence-electron chi connectivity index (χ3n) is 1.36. The smallest absolute Gasteiger partial charge is 0.328 e. The van der Waals surface area contributed by atoms with Gasteiger partial charge in [-0.15, -0.1) is 0 Å². The monoisotopic (exact) mass is 205 g/mol. The van der Waals surface area contributed by atoms with Crippen molar-refractivity contribution in [3.05, 3.63) is 0 Å². The van der Waals surface area contributed by atoms with Gasteiger partial charge in [0.05, 0.1) is 12.7 Å². The fourth-order valence-corrected chi connectivity index (χ4v) is 0.664. The Morgan fingerprint density at radius 1 is 1.43 bits per heavy atom. The molecule has 0 aromatic heterocycles. The Morgan fingerprint density at radius 2 is 2.00 bits per heavy atom. The molecule has 0 spiro atoms. The molecule has 1 amide bonds. The van der Waals surface area contributed by atoms with Crippen LogP contribution in [0.4, 0.5) is 0 Å². The second-order valence-corrected chi connectivity index (χ2v) is 3.00. The van der Waals surface area contributed by atoms with Crippen molar-refractivity contribution in [3.63, 3.8) is 0 Å². The van der Waals surface area contributed by atoms with Crippen molar-refractivity contribution in [2.24, 2.45) is 0 Å². The summed E-state index contributed by atoms with van der Waals surface area (Å²) in [4.78, 5) is 21.4. The molecule has 0 rings (SSSR count). The number of rotatable bonds is 6. The fraction of sp³-hybridized carbons (Fsp3) is 0.750. The van der Waals surface area contributed by atoms with Crippen molar-refractivity contribution >= 4 is 11.9 Å². The quantitative estimate of drug-likeness (QED) is 0.515. The molecule has 0 aliphatic carbocycles. The summed E-state index contributed by atoms with van der Waals surface area (Å²) in [6.45, 7) is 2.67. The predicted molar refractivity (Wildman–Crippen MR) is 47.7 cm³/mol. The van der Waals surface area contributed by atoms with E-state index in [2.05, 4.69) is 5.32 Å². The summed E-state index contributed by atoms with van der Waals surface area (Å²) in [7, 11) is 0. The van der Waals surface area contributed by atoms with Crippen LogP contribution in [0.1, 0.15) is 13.8 Å². The van der Waals surface area contributed by atoms with Crippen LogP contribution in [0.3, 0.4) is 0 Å². The molecule has 3 N–H and O–H groups in total. The summed E-state index contributed by atoms with van der Waals surface area (Å²) in [6, 6.07) is -1.27. The van der Waals surface area contributed by atoms with Gasteiger partial charge in [0.15, 0.2) is 0 Å². The van der Waals surface area contributed by atoms with E-state index < -0.39 is 24.5 Å². The second-order valence-electron chi connectivity index (χ2n) is 3.00. The predicted octanol–water partition coefficient (Wildman–Crippen LogP) is -1.03. The number of ether oxygens (including phenoxy) is 1. The Kier molecular flexibility index (Phi) is 5.82. The maximum Gasteiger partial charge on any atom is 0.328 e. The highest BCUT2D eigenvalue weighted by atomic mass is 16.5. The largest absolute Gasteiger partial charge is 0.480 e. The van der Waals surface area contributed by atoms with Gasteiger partial charge in [0.1, 0.15) is 12.6 Å². The average Bonchev–Trinajstić information content (AvgIpc) is 2.10. The minimum absolute atomic E-state index is 0.0989. The van der Waals surface area contributed by atoms with Crippen molar-refractivity contribution < 1.29 is 24.5 Å². The topological polar surface area (TPSA) is 95.9 Å². The molecule has 0 aromatic rings. The SMILES string of the molecule is CC(C)OCC(=O)N[C@H](CO)C(=O)O. The first kappa shape index (κ1) is 12.9. The molecule has 0 unspecified atom stereocenters. The lowest BCUT2D eigenvalue weighted by Crippen LogP contribution is -2.45. The zero-order valence-corrected chi connectivity index (χ0v) is 8.19. The Morgan fingerprint density at radius 3 is 2.36 bits per heavy atom. The summed E-state index contributed by atoms with van der Waals surface area (Å²) in [5.41, 5.74) is 0. The lowest BCUT2D eigenvalue weighted by atomic mass is 10.3. The zero-order valence-electron chi connectivity index (χ0n) is 8.19. The first-order valence-corrected chi connectivity index (χ1v) is 4.22. The van der Waals surface area contributed by atoms with Gasteiger partial charge in [-0.2, -0.15) is 0 Å². The van der Waals surface area contributed by atoms with E-state index in [9.17, 15) is 9.59 Å². The molecular formula is C8H15NO5. The number of carbonyl (C=O) groups excluding carboxylic acids is 1. The Hall–Kier alpha value is -1.14. The van der Waals surface area contributed by atoms with E-state index in [0.717, 1.165) is 0 Å². The maximum atomic E-state index is 11.0. The number of carbonyl (C=O) groups is 2. The number of amides is 1. The van der Waals surface area contributed by atoms with Gasteiger partial charge in [-0.25, -0.2) is 4.79 Å². The number of aliphatic hydroxyl groups is 1. The van der Waals surface area contributed by atoms with Crippen LogP contribution >= 0.6 is 0 Å². The highest BCUT2D eigenvalue weighted by Crippen LogP contribution is 1.88. The number of nitrogens with one attached hydrogen (secondary N) is 1. The second kappa shape index (κ2) is 6.33. The average molecular weight is 205 g/mol. The van der Waals surface area contributed by atoms with Gasteiger partial charge in [0.25, 0.3) is 0 Å². The lowest BCUT2D eigenvalue weighted by molar-refractivity contribution is -0.143. The minimum atomic E-state index is -1.27. The first-order valence-electron chi connectivity index (χ1n) is 4.22. The van der Waals surface area contributed by atoms with E-state index >= 15 is 0 Å². The lowest BCUT2D eigenvalue weighted by Gasteiger charge is -2.12. The van der Waals surface area contributed by atoms with Crippen LogP contribution in [0.25, 0.3) is 0 Å². The Bertz CT molecular complexity index is 204. The molecular weight excluding hydrogens is 190 g/mol. The molecule has 0 aliphatic rings. The number of hydrogen-bond acceptors (Lipinski definition) is 4. The summed E-state index contributed by atoms with van der Waals surface area (Å²) in [6.07, 6.45) is -0.0989. The highest BCUT2D eigenvalue weighted by molar-refractivity contribution is 5.84. The van der Waals surface area contributed by atoms with Gasteiger partial charge in [-0.05, 0) is 13.8 Å². The van der Waals surface area contributed by atoms with Crippen LogP contribution in [-0.4, -0.2) is 47.4 Å².